The van der Waals surface area contributed by atoms with Gasteiger partial charge >= 0.3 is 0 Å². The largest absolute Gasteiger partial charge is 0.367 e. The van der Waals surface area contributed by atoms with Crippen LogP contribution in [0.25, 0.3) is 11.0 Å². The average molecular weight is 458 g/mol. The Hall–Kier alpha value is -3.90. The normalized spacial score (nSPS) is 17.0. The van der Waals surface area contributed by atoms with Crippen LogP contribution in [0.1, 0.15) is 18.4 Å². The minimum atomic E-state index is -0.237. The number of amides is 1. The minimum Gasteiger partial charge on any atom is -0.367 e. The topological polar surface area (TPSA) is 86.6 Å². The number of carbonyl (C=O) groups excluding carboxylic acids is 1. The van der Waals surface area contributed by atoms with E-state index in [1.165, 1.54) is 6.07 Å². The van der Waals surface area contributed by atoms with Gasteiger partial charge in [0.15, 0.2) is 0 Å². The summed E-state index contributed by atoms with van der Waals surface area (Å²) in [6.45, 7) is 4.09. The Morgan fingerprint density at radius 1 is 1.03 bits per heavy atom. The zero-order valence-electron chi connectivity index (χ0n) is 19.4. The van der Waals surface area contributed by atoms with Crippen molar-refractivity contribution in [1.82, 2.24) is 19.4 Å². The molecule has 4 heterocycles. The molecule has 3 aromatic rings. The molecule has 9 heteroatoms. The summed E-state index contributed by atoms with van der Waals surface area (Å²) in [5.41, 5.74) is 3.31. The summed E-state index contributed by atoms with van der Waals surface area (Å²) in [6.07, 6.45) is 8.07. The van der Waals surface area contributed by atoms with Gasteiger partial charge < -0.3 is 20.0 Å². The second kappa shape index (κ2) is 8.80. The number of terminal acetylenes is 1. The summed E-state index contributed by atoms with van der Waals surface area (Å²) in [6, 6.07) is 7.39. The van der Waals surface area contributed by atoms with E-state index >= 15 is 0 Å². The molecule has 1 fully saturated rings. The minimum absolute atomic E-state index is 0.00546. The molecular formula is C25H27N7O2. The molecule has 0 saturated carbocycles. The van der Waals surface area contributed by atoms with Gasteiger partial charge in [-0.3, -0.25) is 14.2 Å². The van der Waals surface area contributed by atoms with Gasteiger partial charge in [0.05, 0.1) is 16.8 Å². The summed E-state index contributed by atoms with van der Waals surface area (Å²) in [4.78, 5) is 41.3. The number of rotatable bonds is 1. The smallest absolute Gasteiger partial charge is 0.253 e. The maximum absolute atomic E-state index is 13.2. The molecule has 5 rings (SSSR count). The van der Waals surface area contributed by atoms with Gasteiger partial charge in [-0.25, -0.2) is 4.98 Å². The number of piperazine rings is 1. The molecule has 1 saturated heterocycles. The van der Waals surface area contributed by atoms with Crippen LogP contribution >= 0.6 is 0 Å². The van der Waals surface area contributed by atoms with Crippen LogP contribution in [-0.4, -0.2) is 65.6 Å². The first kappa shape index (κ1) is 21.9. The maximum atomic E-state index is 13.2. The van der Waals surface area contributed by atoms with Crippen molar-refractivity contribution in [2.75, 3.05) is 55.4 Å². The van der Waals surface area contributed by atoms with Crippen LogP contribution in [0.2, 0.25) is 0 Å². The first-order chi connectivity index (χ1) is 16.4. The standard InChI is InChI=1S/C25H27N7O2/c1-4-17-14-23(34)32-9-5-6-22(33)30(3)21-15-18(27-25-26-16-19(17)24(32)28-25)7-8-20(21)31-12-10-29(2)11-13-31/h1,7-8,14-16H,5-6,9-13H2,2-3H3,(H,26,27,28). The van der Waals surface area contributed by atoms with Crippen LogP contribution in [0, 0.1) is 12.3 Å². The fraction of sp³-hybridized carbons (Fsp3) is 0.360. The number of nitrogens with zero attached hydrogens (tertiary/aromatic N) is 6. The highest BCUT2D eigenvalue weighted by Gasteiger charge is 2.22. The van der Waals surface area contributed by atoms with Crippen molar-refractivity contribution < 1.29 is 4.79 Å². The number of hydrogen-bond acceptors (Lipinski definition) is 7. The molecule has 2 aliphatic rings. The molecule has 174 valence electrons. The predicted molar refractivity (Wildman–Crippen MR) is 134 cm³/mol. The fourth-order valence-corrected chi connectivity index (χ4v) is 4.55. The number of aryl methyl sites for hydroxylation is 1. The molecule has 0 radical (unpaired) electrons. The lowest BCUT2D eigenvalue weighted by molar-refractivity contribution is -0.118. The Bertz CT molecular complexity index is 1370. The summed E-state index contributed by atoms with van der Waals surface area (Å²) in [5.74, 6) is 2.91. The molecule has 0 atom stereocenters. The van der Waals surface area contributed by atoms with Gasteiger partial charge in [0.25, 0.3) is 5.56 Å². The third-order valence-electron chi connectivity index (χ3n) is 6.59. The lowest BCUT2D eigenvalue weighted by Gasteiger charge is -2.36. The third kappa shape index (κ3) is 3.97. The van der Waals surface area contributed by atoms with E-state index in [4.69, 9.17) is 6.42 Å². The Labute approximate surface area is 198 Å². The van der Waals surface area contributed by atoms with Gasteiger partial charge in [0, 0.05) is 69.7 Å². The highest BCUT2D eigenvalue weighted by Crippen LogP contribution is 2.34. The quantitative estimate of drug-likeness (QED) is 0.560. The highest BCUT2D eigenvalue weighted by atomic mass is 16.2. The van der Waals surface area contributed by atoms with Crippen molar-refractivity contribution in [2.24, 2.45) is 0 Å². The molecule has 0 spiro atoms. The first-order valence-corrected chi connectivity index (χ1v) is 11.4. The molecule has 9 nitrogen and oxygen atoms in total. The number of pyridine rings is 1. The molecule has 4 bridgehead atoms. The predicted octanol–water partition coefficient (Wildman–Crippen LogP) is 2.02. The van der Waals surface area contributed by atoms with Crippen molar-refractivity contribution in [3.8, 4) is 12.3 Å². The summed E-state index contributed by atoms with van der Waals surface area (Å²) < 4.78 is 1.57. The van der Waals surface area contributed by atoms with E-state index in [9.17, 15) is 9.59 Å². The van der Waals surface area contributed by atoms with Gasteiger partial charge in [-0.15, -0.1) is 6.42 Å². The average Bonchev–Trinajstić information content (AvgIpc) is 2.85. The zero-order valence-corrected chi connectivity index (χ0v) is 19.4. The van der Waals surface area contributed by atoms with Crippen molar-refractivity contribution in [3.05, 3.63) is 46.4 Å². The molecule has 0 aliphatic carbocycles. The lowest BCUT2D eigenvalue weighted by Crippen LogP contribution is -2.45. The number of anilines is 4. The van der Waals surface area contributed by atoms with E-state index in [-0.39, 0.29) is 11.5 Å². The molecule has 1 N–H and O–H groups in total. The molecular weight excluding hydrogens is 430 g/mol. The number of aromatic nitrogens is 3. The number of hydrogen-bond donors (Lipinski definition) is 1. The monoisotopic (exact) mass is 457 g/mol. The summed E-state index contributed by atoms with van der Waals surface area (Å²) in [7, 11) is 3.93. The first-order valence-electron chi connectivity index (χ1n) is 11.4. The van der Waals surface area contributed by atoms with Crippen LogP contribution in [0.15, 0.2) is 35.3 Å². The molecule has 1 amide bonds. The van der Waals surface area contributed by atoms with Crippen LogP contribution < -0.4 is 20.7 Å². The van der Waals surface area contributed by atoms with E-state index in [1.807, 2.05) is 25.2 Å². The van der Waals surface area contributed by atoms with E-state index in [0.717, 1.165) is 43.2 Å². The van der Waals surface area contributed by atoms with Crippen molar-refractivity contribution in [3.63, 3.8) is 0 Å². The number of likely N-dealkylation sites (N-methyl/N-ethyl adjacent to an activating group) is 1. The van der Waals surface area contributed by atoms with E-state index in [2.05, 4.69) is 38.1 Å². The number of fused-ring (bicyclic) bond motifs is 3. The molecule has 1 aromatic carbocycles. The molecule has 2 aromatic heterocycles. The maximum Gasteiger partial charge on any atom is 0.253 e. The Morgan fingerprint density at radius 2 is 1.82 bits per heavy atom. The van der Waals surface area contributed by atoms with Gasteiger partial charge in [-0.05, 0) is 31.7 Å². The Balaban J connectivity index is 1.61. The van der Waals surface area contributed by atoms with Crippen molar-refractivity contribution >= 4 is 40.0 Å². The summed E-state index contributed by atoms with van der Waals surface area (Å²) in [5, 5.41) is 3.88. The molecule has 0 unspecified atom stereocenters. The number of carbonyl (C=O) groups is 1. The van der Waals surface area contributed by atoms with Gasteiger partial charge in [-0.2, -0.15) is 4.98 Å². The molecule has 34 heavy (non-hydrogen) atoms. The van der Waals surface area contributed by atoms with Crippen LogP contribution in [0.3, 0.4) is 0 Å². The zero-order chi connectivity index (χ0) is 23.8. The SMILES string of the molecule is C#Cc1cc(=O)n2c3nc(ncc13)Nc1ccc(N3CCN(C)CC3)c(c1)N(C)C(=O)CCC2. The second-order valence-electron chi connectivity index (χ2n) is 8.80. The third-order valence-corrected chi connectivity index (χ3v) is 6.59. The molecule has 2 aliphatic heterocycles. The second-order valence-corrected chi connectivity index (χ2v) is 8.80. The van der Waals surface area contributed by atoms with E-state index < -0.39 is 0 Å². The highest BCUT2D eigenvalue weighted by molar-refractivity contribution is 5.97. The van der Waals surface area contributed by atoms with Crippen LogP contribution in [0.4, 0.5) is 23.0 Å². The lowest BCUT2D eigenvalue weighted by atomic mass is 10.1. The Kier molecular flexibility index (Phi) is 5.67. The number of nitrogens with one attached hydrogen (secondary N) is 1. The van der Waals surface area contributed by atoms with Crippen molar-refractivity contribution in [2.45, 2.75) is 19.4 Å². The van der Waals surface area contributed by atoms with Crippen LogP contribution in [-0.2, 0) is 11.3 Å². The Morgan fingerprint density at radius 3 is 2.59 bits per heavy atom. The van der Waals surface area contributed by atoms with Crippen LogP contribution in [0.5, 0.6) is 0 Å². The van der Waals surface area contributed by atoms with E-state index in [0.29, 0.717) is 41.9 Å². The van der Waals surface area contributed by atoms with Gasteiger partial charge in [-0.1, -0.05) is 5.92 Å². The van der Waals surface area contributed by atoms with Gasteiger partial charge in [0.1, 0.15) is 5.65 Å². The van der Waals surface area contributed by atoms with Crippen molar-refractivity contribution in [1.29, 1.82) is 0 Å². The number of benzene rings is 1. The van der Waals surface area contributed by atoms with E-state index in [1.54, 1.807) is 15.7 Å². The van der Waals surface area contributed by atoms with Gasteiger partial charge in [0.2, 0.25) is 11.9 Å². The summed E-state index contributed by atoms with van der Waals surface area (Å²) >= 11 is 0. The fourth-order valence-electron chi connectivity index (χ4n) is 4.55.